The van der Waals surface area contributed by atoms with E-state index < -0.39 is 11.4 Å². The summed E-state index contributed by atoms with van der Waals surface area (Å²) in [7, 11) is 0. The molecular weight excluding hydrogens is 280 g/mol. The lowest BCUT2D eigenvalue weighted by molar-refractivity contribution is -0.138. The molecule has 1 fully saturated rings. The Balaban J connectivity index is 2.38. The molecule has 22 heavy (non-hydrogen) atoms. The fourth-order valence-electron chi connectivity index (χ4n) is 3.01. The van der Waals surface area contributed by atoms with Crippen LogP contribution in [-0.2, 0) is 10.2 Å². The van der Waals surface area contributed by atoms with Gasteiger partial charge in [-0.05, 0) is 25.5 Å². The zero-order chi connectivity index (χ0) is 16.5. The highest BCUT2D eigenvalue weighted by Crippen LogP contribution is 2.36. The molecule has 0 saturated carbocycles. The monoisotopic (exact) mass is 304 g/mol. The van der Waals surface area contributed by atoms with Crippen molar-refractivity contribution in [3.8, 4) is 0 Å². The fourth-order valence-corrected chi connectivity index (χ4v) is 3.01. The largest absolute Gasteiger partial charge is 0.481 e. The zero-order valence-electron chi connectivity index (χ0n) is 13.7. The minimum absolute atomic E-state index is 0.00595. The van der Waals surface area contributed by atoms with Crippen LogP contribution in [0.15, 0.2) is 24.3 Å². The SMILES string of the molecule is CC(C)N1CCN(c2ccccc2C(C)(C)CC(=O)O)C1=O. The van der Waals surface area contributed by atoms with Gasteiger partial charge in [-0.2, -0.15) is 0 Å². The number of para-hydroxylation sites is 1. The van der Waals surface area contributed by atoms with Crippen molar-refractivity contribution < 1.29 is 14.7 Å². The van der Waals surface area contributed by atoms with Crippen LogP contribution in [0, 0.1) is 0 Å². The molecule has 0 unspecified atom stereocenters. The first-order chi connectivity index (χ1) is 10.2. The van der Waals surface area contributed by atoms with Gasteiger partial charge in [0.05, 0.1) is 6.42 Å². The van der Waals surface area contributed by atoms with E-state index in [4.69, 9.17) is 5.11 Å². The third kappa shape index (κ3) is 3.08. The number of amides is 2. The van der Waals surface area contributed by atoms with Gasteiger partial charge in [0.2, 0.25) is 0 Å². The van der Waals surface area contributed by atoms with Gasteiger partial charge in [-0.25, -0.2) is 4.79 Å². The highest BCUT2D eigenvalue weighted by atomic mass is 16.4. The van der Waals surface area contributed by atoms with Gasteiger partial charge in [-0.15, -0.1) is 0 Å². The summed E-state index contributed by atoms with van der Waals surface area (Å²) in [5.74, 6) is -0.837. The quantitative estimate of drug-likeness (QED) is 0.909. The Kier molecular flexibility index (Phi) is 4.44. The molecule has 1 aliphatic heterocycles. The second-order valence-electron chi connectivity index (χ2n) is 6.69. The normalized spacial score (nSPS) is 15.8. The van der Waals surface area contributed by atoms with Crippen molar-refractivity contribution in [2.24, 2.45) is 0 Å². The lowest BCUT2D eigenvalue weighted by Crippen LogP contribution is -2.37. The molecule has 0 bridgehead atoms. The fraction of sp³-hybridized carbons (Fsp3) is 0.529. The molecule has 1 aromatic carbocycles. The summed E-state index contributed by atoms with van der Waals surface area (Å²) in [6.45, 7) is 9.14. The smallest absolute Gasteiger partial charge is 0.324 e. The first-order valence-electron chi connectivity index (χ1n) is 7.63. The highest BCUT2D eigenvalue weighted by Gasteiger charge is 2.35. The number of carbonyl (C=O) groups is 2. The summed E-state index contributed by atoms with van der Waals surface area (Å²) in [6.07, 6.45) is 0.0277. The number of benzene rings is 1. The number of carboxylic acid groups (broad SMARTS) is 1. The molecule has 120 valence electrons. The van der Waals surface area contributed by atoms with Crippen molar-refractivity contribution in [3.05, 3.63) is 29.8 Å². The lowest BCUT2D eigenvalue weighted by Gasteiger charge is -2.30. The number of carbonyl (C=O) groups excluding carboxylic acids is 1. The molecule has 1 N–H and O–H groups in total. The molecule has 0 atom stereocenters. The van der Waals surface area contributed by atoms with Crippen LogP contribution in [0.25, 0.3) is 0 Å². The van der Waals surface area contributed by atoms with Crippen LogP contribution in [0.5, 0.6) is 0 Å². The predicted octanol–water partition coefficient (Wildman–Crippen LogP) is 3.09. The van der Waals surface area contributed by atoms with Crippen LogP contribution in [-0.4, -0.2) is 41.1 Å². The summed E-state index contributed by atoms with van der Waals surface area (Å²) in [6, 6.07) is 7.76. The zero-order valence-corrected chi connectivity index (χ0v) is 13.7. The average Bonchev–Trinajstić information content (AvgIpc) is 2.79. The van der Waals surface area contributed by atoms with E-state index in [0.29, 0.717) is 13.1 Å². The van der Waals surface area contributed by atoms with Gasteiger partial charge in [0, 0.05) is 30.2 Å². The maximum absolute atomic E-state index is 12.6. The van der Waals surface area contributed by atoms with Gasteiger partial charge >= 0.3 is 12.0 Å². The van der Waals surface area contributed by atoms with Gasteiger partial charge < -0.3 is 10.0 Å². The van der Waals surface area contributed by atoms with Crippen molar-refractivity contribution in [1.29, 1.82) is 0 Å². The number of aliphatic carboxylic acids is 1. The number of rotatable bonds is 5. The van der Waals surface area contributed by atoms with E-state index in [1.54, 1.807) is 4.90 Å². The van der Waals surface area contributed by atoms with Crippen LogP contribution in [0.1, 0.15) is 39.7 Å². The van der Waals surface area contributed by atoms with Gasteiger partial charge in [0.1, 0.15) is 0 Å². The molecule has 0 aromatic heterocycles. The Bertz CT molecular complexity index is 581. The molecule has 1 aliphatic rings. The van der Waals surface area contributed by atoms with Crippen molar-refractivity contribution in [3.63, 3.8) is 0 Å². The minimum Gasteiger partial charge on any atom is -0.481 e. The molecule has 0 spiro atoms. The molecule has 0 radical (unpaired) electrons. The Morgan fingerprint density at radius 3 is 2.45 bits per heavy atom. The molecule has 2 rings (SSSR count). The molecule has 1 saturated heterocycles. The van der Waals surface area contributed by atoms with E-state index in [2.05, 4.69) is 0 Å². The van der Waals surface area contributed by atoms with Crippen molar-refractivity contribution in [1.82, 2.24) is 4.90 Å². The Labute approximate surface area is 131 Å². The minimum atomic E-state index is -0.837. The van der Waals surface area contributed by atoms with Gasteiger partial charge in [-0.3, -0.25) is 9.69 Å². The molecule has 1 heterocycles. The first-order valence-corrected chi connectivity index (χ1v) is 7.63. The predicted molar refractivity (Wildman–Crippen MR) is 86.3 cm³/mol. The number of anilines is 1. The van der Waals surface area contributed by atoms with Crippen molar-refractivity contribution in [2.45, 2.75) is 45.6 Å². The number of nitrogens with zero attached hydrogens (tertiary/aromatic N) is 2. The second-order valence-corrected chi connectivity index (χ2v) is 6.69. The maximum atomic E-state index is 12.6. The van der Waals surface area contributed by atoms with Crippen molar-refractivity contribution in [2.75, 3.05) is 18.0 Å². The van der Waals surface area contributed by atoms with Crippen LogP contribution < -0.4 is 4.90 Å². The highest BCUT2D eigenvalue weighted by molar-refractivity contribution is 5.95. The summed E-state index contributed by atoms with van der Waals surface area (Å²) in [4.78, 5) is 27.3. The Hall–Kier alpha value is -2.04. The van der Waals surface area contributed by atoms with E-state index in [0.717, 1.165) is 11.3 Å². The first kappa shape index (κ1) is 16.3. The van der Waals surface area contributed by atoms with E-state index in [9.17, 15) is 9.59 Å². The van der Waals surface area contributed by atoms with E-state index in [1.165, 1.54) is 0 Å². The van der Waals surface area contributed by atoms with Gasteiger partial charge in [0.25, 0.3) is 0 Å². The second kappa shape index (κ2) is 5.99. The third-order valence-electron chi connectivity index (χ3n) is 4.18. The molecule has 5 nitrogen and oxygen atoms in total. The number of hydrogen-bond donors (Lipinski definition) is 1. The van der Waals surface area contributed by atoms with Gasteiger partial charge in [0.15, 0.2) is 0 Å². The lowest BCUT2D eigenvalue weighted by atomic mass is 9.80. The summed E-state index contributed by atoms with van der Waals surface area (Å²) in [5.41, 5.74) is 1.19. The van der Waals surface area contributed by atoms with E-state index in [-0.39, 0.29) is 18.5 Å². The van der Waals surface area contributed by atoms with E-state index >= 15 is 0 Å². The van der Waals surface area contributed by atoms with Crippen LogP contribution in [0.4, 0.5) is 10.5 Å². The van der Waals surface area contributed by atoms with E-state index in [1.807, 2.05) is 56.9 Å². The summed E-state index contributed by atoms with van der Waals surface area (Å²) in [5, 5.41) is 9.14. The molecule has 5 heteroatoms. The molecule has 0 aliphatic carbocycles. The third-order valence-corrected chi connectivity index (χ3v) is 4.18. The number of carboxylic acids is 1. The number of hydrogen-bond acceptors (Lipinski definition) is 2. The van der Waals surface area contributed by atoms with Crippen molar-refractivity contribution >= 4 is 17.7 Å². The van der Waals surface area contributed by atoms with Crippen LogP contribution in [0.2, 0.25) is 0 Å². The molecular formula is C17H24N2O3. The van der Waals surface area contributed by atoms with Crippen LogP contribution in [0.3, 0.4) is 0 Å². The molecule has 1 aromatic rings. The Morgan fingerprint density at radius 2 is 1.91 bits per heavy atom. The van der Waals surface area contributed by atoms with Gasteiger partial charge in [-0.1, -0.05) is 32.0 Å². The summed E-state index contributed by atoms with van der Waals surface area (Å²) < 4.78 is 0. The maximum Gasteiger partial charge on any atom is 0.324 e. The standard InChI is InChI=1S/C17H24N2O3/c1-12(2)18-9-10-19(16(18)22)14-8-6-5-7-13(14)17(3,4)11-15(20)21/h5-8,12H,9-11H2,1-4H3,(H,20,21). The summed E-state index contributed by atoms with van der Waals surface area (Å²) >= 11 is 0. The van der Waals surface area contributed by atoms with Crippen LogP contribution >= 0.6 is 0 Å². The average molecular weight is 304 g/mol. The number of urea groups is 1. The Morgan fingerprint density at radius 1 is 1.27 bits per heavy atom. The molecule has 2 amide bonds. The topological polar surface area (TPSA) is 60.9 Å².